The van der Waals surface area contributed by atoms with Crippen LogP contribution in [0.15, 0.2) is 29.3 Å². The Labute approximate surface area is 152 Å². The van der Waals surface area contributed by atoms with Gasteiger partial charge in [0.1, 0.15) is 0 Å². The quantitative estimate of drug-likeness (QED) is 0.342. The smallest absolute Gasteiger partial charge is 0.191 e. The molecule has 0 aliphatic heterocycles. The first-order valence-electron chi connectivity index (χ1n) is 8.96. The predicted molar refractivity (Wildman–Crippen MR) is 104 cm³/mol. The topological polar surface area (TPSA) is 58.1 Å². The van der Waals surface area contributed by atoms with Gasteiger partial charge in [-0.1, -0.05) is 24.3 Å². The first-order chi connectivity index (χ1) is 12.2. The number of aliphatic imine (C=N–C) groups is 1. The largest absolute Gasteiger partial charge is 0.385 e. The van der Waals surface area contributed by atoms with Gasteiger partial charge in [0.25, 0.3) is 0 Å². The average Bonchev–Trinajstić information content (AvgIpc) is 2.61. The van der Waals surface area contributed by atoms with Crippen molar-refractivity contribution >= 4 is 5.96 Å². The molecule has 0 aliphatic carbocycles. The zero-order valence-electron chi connectivity index (χ0n) is 16.2. The number of rotatable bonds is 12. The fourth-order valence-electron chi connectivity index (χ4n) is 2.47. The summed E-state index contributed by atoms with van der Waals surface area (Å²) in [5, 5.41) is 6.70. The first-order valence-corrected chi connectivity index (χ1v) is 8.96. The summed E-state index contributed by atoms with van der Waals surface area (Å²) in [5.74, 6) is 0.847. The summed E-state index contributed by atoms with van der Waals surface area (Å²) in [4.78, 5) is 6.99. The van der Waals surface area contributed by atoms with E-state index in [1.54, 1.807) is 14.2 Å². The third kappa shape index (κ3) is 9.43. The molecule has 0 spiro atoms. The number of likely N-dealkylation sites (N-methyl/N-ethyl adjacent to an activating group) is 1. The van der Waals surface area contributed by atoms with Crippen molar-refractivity contribution in [2.75, 3.05) is 54.1 Å². The van der Waals surface area contributed by atoms with E-state index in [-0.39, 0.29) is 0 Å². The van der Waals surface area contributed by atoms with Crippen LogP contribution in [-0.2, 0) is 22.6 Å². The lowest BCUT2D eigenvalue weighted by atomic mass is 10.1. The third-order valence-corrected chi connectivity index (χ3v) is 3.84. The van der Waals surface area contributed by atoms with Crippen molar-refractivity contribution < 1.29 is 9.47 Å². The molecule has 0 aromatic heterocycles. The van der Waals surface area contributed by atoms with Crippen molar-refractivity contribution in [3.05, 3.63) is 35.4 Å². The maximum atomic E-state index is 5.26. The zero-order valence-corrected chi connectivity index (χ0v) is 16.2. The summed E-state index contributed by atoms with van der Waals surface area (Å²) in [6.45, 7) is 7.84. The number of nitrogens with zero attached hydrogens (tertiary/aromatic N) is 2. The normalized spacial score (nSPS) is 11.8. The Kier molecular flexibility index (Phi) is 11.7. The Balaban J connectivity index is 2.48. The summed E-state index contributed by atoms with van der Waals surface area (Å²) in [6, 6.07) is 8.26. The number of ether oxygens (including phenoxy) is 2. The van der Waals surface area contributed by atoms with Crippen molar-refractivity contribution in [1.82, 2.24) is 15.5 Å². The van der Waals surface area contributed by atoms with Crippen LogP contribution in [0.2, 0.25) is 0 Å². The Morgan fingerprint density at radius 3 is 2.52 bits per heavy atom. The summed E-state index contributed by atoms with van der Waals surface area (Å²) in [5.41, 5.74) is 2.38. The molecule has 1 aromatic carbocycles. The molecule has 0 bridgehead atoms. The molecule has 0 atom stereocenters. The fraction of sp³-hybridized carbons (Fsp3) is 0.632. The van der Waals surface area contributed by atoms with Gasteiger partial charge in [-0.25, -0.2) is 4.99 Å². The van der Waals surface area contributed by atoms with Gasteiger partial charge >= 0.3 is 0 Å². The maximum Gasteiger partial charge on any atom is 0.191 e. The highest BCUT2D eigenvalue weighted by atomic mass is 16.5. The number of hydrogen-bond donors (Lipinski definition) is 2. The molecule has 25 heavy (non-hydrogen) atoms. The minimum atomic E-state index is 0.613. The van der Waals surface area contributed by atoms with Gasteiger partial charge in [0.05, 0.1) is 13.2 Å². The standard InChI is InChI=1S/C19H34N4O2/c1-5-20-19(21-11-13-23(2)12-8-14-24-3)22-15-17-9-6-7-10-18(17)16-25-4/h6-7,9-10H,5,8,11-16H2,1-4H3,(H2,20,21,22). The number of hydrogen-bond acceptors (Lipinski definition) is 4. The second-order valence-corrected chi connectivity index (χ2v) is 5.97. The zero-order chi connectivity index (χ0) is 18.3. The highest BCUT2D eigenvalue weighted by molar-refractivity contribution is 5.79. The van der Waals surface area contributed by atoms with Crippen LogP contribution in [0.4, 0.5) is 0 Å². The molecular weight excluding hydrogens is 316 g/mol. The summed E-state index contributed by atoms with van der Waals surface area (Å²) < 4.78 is 10.3. The molecule has 0 radical (unpaired) electrons. The maximum absolute atomic E-state index is 5.26. The second kappa shape index (κ2) is 13.6. The van der Waals surface area contributed by atoms with Crippen LogP contribution in [0.25, 0.3) is 0 Å². The van der Waals surface area contributed by atoms with E-state index in [2.05, 4.69) is 41.6 Å². The van der Waals surface area contributed by atoms with Crippen molar-refractivity contribution in [1.29, 1.82) is 0 Å². The van der Waals surface area contributed by atoms with Crippen molar-refractivity contribution in [2.45, 2.75) is 26.5 Å². The molecule has 142 valence electrons. The number of guanidine groups is 1. The van der Waals surface area contributed by atoms with E-state index >= 15 is 0 Å². The lowest BCUT2D eigenvalue weighted by Gasteiger charge is -2.18. The van der Waals surface area contributed by atoms with Crippen molar-refractivity contribution in [2.24, 2.45) is 4.99 Å². The molecule has 0 saturated carbocycles. The average molecular weight is 351 g/mol. The van der Waals surface area contributed by atoms with Crippen LogP contribution in [-0.4, -0.2) is 64.9 Å². The number of nitrogens with one attached hydrogen (secondary N) is 2. The van der Waals surface area contributed by atoms with E-state index in [9.17, 15) is 0 Å². The van der Waals surface area contributed by atoms with E-state index in [0.717, 1.165) is 45.2 Å². The monoisotopic (exact) mass is 350 g/mol. The first kappa shape index (κ1) is 21.4. The number of benzene rings is 1. The van der Waals surface area contributed by atoms with E-state index < -0.39 is 0 Å². The minimum Gasteiger partial charge on any atom is -0.385 e. The molecule has 0 amide bonds. The Hall–Kier alpha value is -1.63. The van der Waals surface area contributed by atoms with E-state index in [4.69, 9.17) is 14.5 Å². The van der Waals surface area contributed by atoms with Crippen LogP contribution >= 0.6 is 0 Å². The molecule has 6 heteroatoms. The van der Waals surface area contributed by atoms with Crippen LogP contribution < -0.4 is 10.6 Å². The van der Waals surface area contributed by atoms with Crippen LogP contribution in [0.5, 0.6) is 0 Å². The van der Waals surface area contributed by atoms with Gasteiger partial charge in [-0.2, -0.15) is 0 Å². The highest BCUT2D eigenvalue weighted by Crippen LogP contribution is 2.11. The third-order valence-electron chi connectivity index (χ3n) is 3.84. The molecule has 1 aromatic rings. The SMILES string of the molecule is CCNC(=NCc1ccccc1COC)NCCN(C)CCCOC. The van der Waals surface area contributed by atoms with E-state index in [1.807, 2.05) is 12.1 Å². The molecule has 0 aliphatic rings. The van der Waals surface area contributed by atoms with Crippen LogP contribution in [0.3, 0.4) is 0 Å². The molecular formula is C19H34N4O2. The summed E-state index contributed by atoms with van der Waals surface area (Å²) in [6.07, 6.45) is 1.05. The molecule has 0 fully saturated rings. The van der Waals surface area contributed by atoms with Crippen molar-refractivity contribution in [3.8, 4) is 0 Å². The molecule has 2 N–H and O–H groups in total. The molecule has 0 unspecified atom stereocenters. The van der Waals surface area contributed by atoms with Gasteiger partial charge in [-0.05, 0) is 31.5 Å². The highest BCUT2D eigenvalue weighted by Gasteiger charge is 2.03. The fourth-order valence-corrected chi connectivity index (χ4v) is 2.47. The summed E-state index contributed by atoms with van der Waals surface area (Å²) in [7, 11) is 5.59. The van der Waals surface area contributed by atoms with Gasteiger partial charge in [0, 0.05) is 47.0 Å². The molecule has 0 saturated heterocycles. The second-order valence-electron chi connectivity index (χ2n) is 5.97. The number of methoxy groups -OCH3 is 2. The van der Waals surface area contributed by atoms with E-state index in [0.29, 0.717) is 13.2 Å². The Bertz CT molecular complexity index is 494. The van der Waals surface area contributed by atoms with Crippen LogP contribution in [0.1, 0.15) is 24.5 Å². The summed E-state index contributed by atoms with van der Waals surface area (Å²) >= 11 is 0. The Morgan fingerprint density at radius 2 is 1.84 bits per heavy atom. The molecule has 1 rings (SSSR count). The predicted octanol–water partition coefficient (Wildman–Crippen LogP) is 1.86. The molecule has 6 nitrogen and oxygen atoms in total. The van der Waals surface area contributed by atoms with Crippen molar-refractivity contribution in [3.63, 3.8) is 0 Å². The van der Waals surface area contributed by atoms with E-state index in [1.165, 1.54) is 11.1 Å². The lowest BCUT2D eigenvalue weighted by Crippen LogP contribution is -2.41. The molecule has 0 heterocycles. The van der Waals surface area contributed by atoms with Gasteiger partial charge in [0.2, 0.25) is 0 Å². The van der Waals surface area contributed by atoms with Gasteiger partial charge in [-0.15, -0.1) is 0 Å². The minimum absolute atomic E-state index is 0.613. The van der Waals surface area contributed by atoms with Crippen LogP contribution in [0, 0.1) is 0 Å². The Morgan fingerprint density at radius 1 is 1.08 bits per heavy atom. The van der Waals surface area contributed by atoms with Gasteiger partial charge in [-0.3, -0.25) is 0 Å². The van der Waals surface area contributed by atoms with Gasteiger partial charge < -0.3 is 25.0 Å². The van der Waals surface area contributed by atoms with Gasteiger partial charge in [0.15, 0.2) is 5.96 Å². The lowest BCUT2D eigenvalue weighted by molar-refractivity contribution is 0.180.